The predicted octanol–water partition coefficient (Wildman–Crippen LogP) is 2.75. The zero-order chi connectivity index (χ0) is 14.7. The van der Waals surface area contributed by atoms with E-state index in [4.69, 9.17) is 10.7 Å². The smallest absolute Gasteiger partial charge is 0.150 e. The molecule has 1 aromatic carbocycles. The topological polar surface area (TPSA) is 55.0 Å². The molecule has 0 aliphatic heterocycles. The van der Waals surface area contributed by atoms with Crippen molar-refractivity contribution in [1.29, 1.82) is 0 Å². The molecule has 0 amide bonds. The lowest BCUT2D eigenvalue weighted by molar-refractivity contribution is 0.465. The highest BCUT2D eigenvalue weighted by Gasteiger charge is 2.12. The first-order valence-electron chi connectivity index (χ1n) is 7.19. The highest BCUT2D eigenvalue weighted by atomic mass is 15.2. The Morgan fingerprint density at radius 2 is 1.75 bits per heavy atom. The molecular weight excluding hydrogens is 248 g/mol. The standard InChI is InChI=1S/C16H24N4/c1-11(2)13(17)9-10-20(4)16-12(3)18-14-7-5-6-8-15(14)19-16/h5-8,11,13H,9-10,17H2,1-4H3. The van der Waals surface area contributed by atoms with Gasteiger partial charge in [0.15, 0.2) is 5.82 Å². The molecule has 1 aromatic heterocycles. The van der Waals surface area contributed by atoms with Crippen LogP contribution in [0, 0.1) is 12.8 Å². The summed E-state index contributed by atoms with van der Waals surface area (Å²) < 4.78 is 0. The Kier molecular flexibility index (Phi) is 4.55. The molecule has 1 atom stereocenters. The van der Waals surface area contributed by atoms with Crippen LogP contribution in [-0.2, 0) is 0 Å². The zero-order valence-corrected chi connectivity index (χ0v) is 12.8. The van der Waals surface area contributed by atoms with Gasteiger partial charge in [0.1, 0.15) is 0 Å². The van der Waals surface area contributed by atoms with Crippen LogP contribution in [0.1, 0.15) is 26.0 Å². The van der Waals surface area contributed by atoms with Gasteiger partial charge in [-0.1, -0.05) is 26.0 Å². The van der Waals surface area contributed by atoms with Gasteiger partial charge < -0.3 is 10.6 Å². The number of aromatic nitrogens is 2. The maximum absolute atomic E-state index is 6.11. The molecule has 4 heteroatoms. The molecule has 2 aromatic rings. The van der Waals surface area contributed by atoms with Crippen molar-refractivity contribution in [1.82, 2.24) is 9.97 Å². The van der Waals surface area contributed by atoms with Crippen LogP contribution in [-0.4, -0.2) is 29.6 Å². The van der Waals surface area contributed by atoms with Gasteiger partial charge in [-0.3, -0.25) is 0 Å². The minimum atomic E-state index is 0.228. The molecule has 0 saturated heterocycles. The highest BCUT2D eigenvalue weighted by molar-refractivity contribution is 5.76. The fraction of sp³-hybridized carbons (Fsp3) is 0.500. The summed E-state index contributed by atoms with van der Waals surface area (Å²) in [6.45, 7) is 7.22. The number of nitrogens with zero attached hydrogens (tertiary/aromatic N) is 3. The largest absolute Gasteiger partial charge is 0.358 e. The summed E-state index contributed by atoms with van der Waals surface area (Å²) in [7, 11) is 2.05. The van der Waals surface area contributed by atoms with Crippen LogP contribution in [0.25, 0.3) is 11.0 Å². The highest BCUT2D eigenvalue weighted by Crippen LogP contribution is 2.19. The third kappa shape index (κ3) is 3.25. The number of anilines is 1. The number of para-hydroxylation sites is 2. The minimum absolute atomic E-state index is 0.228. The summed E-state index contributed by atoms with van der Waals surface area (Å²) in [5, 5.41) is 0. The second kappa shape index (κ2) is 6.18. The molecule has 1 heterocycles. The fourth-order valence-corrected chi connectivity index (χ4v) is 2.22. The van der Waals surface area contributed by atoms with Crippen LogP contribution >= 0.6 is 0 Å². The van der Waals surface area contributed by atoms with Crippen molar-refractivity contribution in [2.75, 3.05) is 18.5 Å². The number of rotatable bonds is 5. The van der Waals surface area contributed by atoms with Crippen molar-refractivity contribution in [2.45, 2.75) is 33.2 Å². The van der Waals surface area contributed by atoms with Crippen LogP contribution in [0.5, 0.6) is 0 Å². The predicted molar refractivity (Wildman–Crippen MR) is 85.0 cm³/mol. The van der Waals surface area contributed by atoms with Gasteiger partial charge in [-0.2, -0.15) is 0 Å². The molecule has 108 valence electrons. The number of aryl methyl sites for hydroxylation is 1. The van der Waals surface area contributed by atoms with E-state index in [0.717, 1.165) is 35.5 Å². The molecule has 0 saturated carbocycles. The van der Waals surface area contributed by atoms with Gasteiger partial charge in [-0.15, -0.1) is 0 Å². The molecule has 0 aliphatic carbocycles. The van der Waals surface area contributed by atoms with Crippen LogP contribution in [0.15, 0.2) is 24.3 Å². The van der Waals surface area contributed by atoms with Crippen molar-refractivity contribution >= 4 is 16.9 Å². The lowest BCUT2D eigenvalue weighted by Gasteiger charge is -2.23. The first kappa shape index (κ1) is 14.7. The Labute approximate surface area is 121 Å². The third-order valence-corrected chi connectivity index (χ3v) is 3.74. The molecule has 0 fully saturated rings. The summed E-state index contributed by atoms with van der Waals surface area (Å²) >= 11 is 0. The molecule has 2 rings (SSSR count). The molecule has 4 nitrogen and oxygen atoms in total. The lowest BCUT2D eigenvalue weighted by Crippen LogP contribution is -2.32. The zero-order valence-electron chi connectivity index (χ0n) is 12.8. The van der Waals surface area contributed by atoms with Crippen LogP contribution in [0.3, 0.4) is 0 Å². The van der Waals surface area contributed by atoms with Gasteiger partial charge in [0, 0.05) is 19.6 Å². The van der Waals surface area contributed by atoms with E-state index in [1.54, 1.807) is 0 Å². The van der Waals surface area contributed by atoms with Gasteiger partial charge in [0.2, 0.25) is 0 Å². The van der Waals surface area contributed by atoms with Gasteiger partial charge >= 0.3 is 0 Å². The van der Waals surface area contributed by atoms with E-state index in [9.17, 15) is 0 Å². The minimum Gasteiger partial charge on any atom is -0.358 e. The second-order valence-electron chi connectivity index (χ2n) is 5.74. The average Bonchev–Trinajstić information content (AvgIpc) is 2.43. The third-order valence-electron chi connectivity index (χ3n) is 3.74. The van der Waals surface area contributed by atoms with E-state index in [1.807, 2.05) is 31.2 Å². The molecular formula is C16H24N4. The van der Waals surface area contributed by atoms with Crippen molar-refractivity contribution in [2.24, 2.45) is 11.7 Å². The van der Waals surface area contributed by atoms with Gasteiger partial charge in [0.25, 0.3) is 0 Å². The Morgan fingerprint density at radius 1 is 1.15 bits per heavy atom. The normalized spacial score (nSPS) is 12.9. The summed E-state index contributed by atoms with van der Waals surface area (Å²) in [6.07, 6.45) is 0.960. The number of nitrogens with two attached hydrogens (primary N) is 1. The SMILES string of the molecule is Cc1nc2ccccc2nc1N(C)CCC(N)C(C)C. The Morgan fingerprint density at radius 3 is 2.35 bits per heavy atom. The van der Waals surface area contributed by atoms with Gasteiger partial charge in [0.05, 0.1) is 16.7 Å². The first-order chi connectivity index (χ1) is 9.49. The maximum atomic E-state index is 6.11. The number of fused-ring (bicyclic) bond motifs is 1. The van der Waals surface area contributed by atoms with E-state index in [0.29, 0.717) is 5.92 Å². The Balaban J connectivity index is 2.17. The molecule has 2 N–H and O–H groups in total. The van der Waals surface area contributed by atoms with E-state index < -0.39 is 0 Å². The van der Waals surface area contributed by atoms with Crippen molar-refractivity contribution in [3.05, 3.63) is 30.0 Å². The van der Waals surface area contributed by atoms with Crippen molar-refractivity contribution in [3.63, 3.8) is 0 Å². The molecule has 1 unspecified atom stereocenters. The summed E-state index contributed by atoms with van der Waals surface area (Å²) in [6, 6.07) is 8.20. The fourth-order valence-electron chi connectivity index (χ4n) is 2.22. The molecule has 0 bridgehead atoms. The average molecular weight is 272 g/mol. The van der Waals surface area contributed by atoms with Crippen molar-refractivity contribution < 1.29 is 0 Å². The van der Waals surface area contributed by atoms with Crippen LogP contribution in [0.4, 0.5) is 5.82 Å². The van der Waals surface area contributed by atoms with Crippen molar-refractivity contribution in [3.8, 4) is 0 Å². The number of hydrogen-bond donors (Lipinski definition) is 1. The summed E-state index contributed by atoms with van der Waals surface area (Å²) in [5.41, 5.74) is 8.95. The number of hydrogen-bond acceptors (Lipinski definition) is 4. The monoisotopic (exact) mass is 272 g/mol. The molecule has 0 aliphatic rings. The molecule has 0 spiro atoms. The summed E-state index contributed by atoms with van der Waals surface area (Å²) in [4.78, 5) is 11.5. The quantitative estimate of drug-likeness (QED) is 0.909. The van der Waals surface area contributed by atoms with E-state index in [1.165, 1.54) is 0 Å². The van der Waals surface area contributed by atoms with E-state index in [-0.39, 0.29) is 6.04 Å². The maximum Gasteiger partial charge on any atom is 0.150 e. The molecule has 20 heavy (non-hydrogen) atoms. The van der Waals surface area contributed by atoms with Crippen LogP contribution in [0.2, 0.25) is 0 Å². The van der Waals surface area contributed by atoms with Gasteiger partial charge in [-0.25, -0.2) is 9.97 Å². The summed E-state index contributed by atoms with van der Waals surface area (Å²) in [5.74, 6) is 1.45. The van der Waals surface area contributed by atoms with Gasteiger partial charge in [-0.05, 0) is 31.4 Å². The Bertz CT molecular complexity index is 580. The molecule has 0 radical (unpaired) electrons. The van der Waals surface area contributed by atoms with E-state index in [2.05, 4.69) is 30.8 Å². The number of benzene rings is 1. The van der Waals surface area contributed by atoms with E-state index >= 15 is 0 Å². The van der Waals surface area contributed by atoms with Crippen LogP contribution < -0.4 is 10.6 Å². The first-order valence-corrected chi connectivity index (χ1v) is 7.19. The lowest BCUT2D eigenvalue weighted by atomic mass is 10.0. The Hall–Kier alpha value is -1.68. The second-order valence-corrected chi connectivity index (χ2v) is 5.74.